The van der Waals surface area contributed by atoms with Crippen LogP contribution in [0.5, 0.6) is 0 Å². The number of hydrogen-bond donors (Lipinski definition) is 0. The summed E-state index contributed by atoms with van der Waals surface area (Å²) in [7, 11) is 1.69. The maximum atomic E-state index is 12.9. The van der Waals surface area contributed by atoms with Crippen LogP contribution in [0.4, 0.5) is 13.2 Å². The molecule has 16 heavy (non-hydrogen) atoms. The Bertz CT molecular complexity index is 358. The minimum Gasteiger partial charge on any atom is -0.320 e. The number of alkyl halides is 3. The highest BCUT2D eigenvalue weighted by Gasteiger charge is 2.47. The predicted octanol–water partition coefficient (Wildman–Crippen LogP) is 2.65. The first-order valence-electron chi connectivity index (χ1n) is 5.40. The molecule has 0 saturated heterocycles. The number of nitrogens with zero attached hydrogens (tertiary/aromatic N) is 3. The Balaban J connectivity index is 2.27. The van der Waals surface area contributed by atoms with Crippen molar-refractivity contribution in [2.24, 2.45) is 13.0 Å². The van der Waals surface area contributed by atoms with E-state index in [9.17, 15) is 13.2 Å². The molecule has 0 spiro atoms. The van der Waals surface area contributed by atoms with Gasteiger partial charge in [-0.3, -0.25) is 0 Å². The summed E-state index contributed by atoms with van der Waals surface area (Å²) < 4.78 is 40.2. The molecule has 0 aromatic carbocycles. The van der Waals surface area contributed by atoms with Gasteiger partial charge in [-0.15, -0.1) is 10.2 Å². The highest BCUT2D eigenvalue weighted by Crippen LogP contribution is 2.45. The molecule has 1 aromatic heterocycles. The Labute approximate surface area is 91.7 Å². The fraction of sp³-hybridized carbons (Fsp3) is 0.800. The van der Waals surface area contributed by atoms with Gasteiger partial charge in [0.15, 0.2) is 0 Å². The summed E-state index contributed by atoms with van der Waals surface area (Å²) in [5.41, 5.74) is 0. The van der Waals surface area contributed by atoms with E-state index >= 15 is 0 Å². The molecule has 0 bridgehead atoms. The summed E-state index contributed by atoms with van der Waals surface area (Å²) in [5, 5.41) is 7.48. The zero-order valence-electron chi connectivity index (χ0n) is 9.04. The maximum absolute atomic E-state index is 12.9. The molecule has 1 saturated carbocycles. The third-order valence-electron chi connectivity index (χ3n) is 3.26. The largest absolute Gasteiger partial charge is 0.392 e. The second kappa shape index (κ2) is 4.07. The lowest BCUT2D eigenvalue weighted by Crippen LogP contribution is -2.32. The van der Waals surface area contributed by atoms with Crippen LogP contribution in [0, 0.1) is 5.92 Å². The molecule has 2 unspecified atom stereocenters. The molecular weight excluding hydrogens is 219 g/mol. The Morgan fingerprint density at radius 2 is 2.00 bits per heavy atom. The average Bonchev–Trinajstić information content (AvgIpc) is 2.63. The first kappa shape index (κ1) is 11.4. The molecule has 90 valence electrons. The van der Waals surface area contributed by atoms with Crippen LogP contribution in [0.3, 0.4) is 0 Å². The number of hydrogen-bond acceptors (Lipinski definition) is 2. The van der Waals surface area contributed by atoms with Gasteiger partial charge in [0.05, 0.1) is 5.92 Å². The van der Waals surface area contributed by atoms with Gasteiger partial charge in [0.1, 0.15) is 12.2 Å². The van der Waals surface area contributed by atoms with Crippen molar-refractivity contribution in [1.82, 2.24) is 14.8 Å². The lowest BCUT2D eigenvalue weighted by Gasteiger charge is -2.32. The third-order valence-corrected chi connectivity index (χ3v) is 3.26. The molecule has 0 N–H and O–H groups in total. The van der Waals surface area contributed by atoms with Gasteiger partial charge in [-0.2, -0.15) is 13.2 Å². The van der Waals surface area contributed by atoms with Crippen molar-refractivity contribution in [3.05, 3.63) is 12.2 Å². The molecule has 1 aliphatic rings. The molecule has 0 amide bonds. The third kappa shape index (κ3) is 2.05. The lowest BCUT2D eigenvalue weighted by molar-refractivity contribution is -0.188. The van der Waals surface area contributed by atoms with Gasteiger partial charge in [0.2, 0.25) is 0 Å². The average molecular weight is 233 g/mol. The molecule has 0 radical (unpaired) electrons. The van der Waals surface area contributed by atoms with Gasteiger partial charge in [-0.05, 0) is 12.8 Å². The SMILES string of the molecule is Cn1cnnc1C1CCCCC1C(F)(F)F. The van der Waals surface area contributed by atoms with Crippen LogP contribution < -0.4 is 0 Å². The Morgan fingerprint density at radius 3 is 2.56 bits per heavy atom. The van der Waals surface area contributed by atoms with E-state index in [2.05, 4.69) is 10.2 Å². The quantitative estimate of drug-likeness (QED) is 0.746. The van der Waals surface area contributed by atoms with Crippen LogP contribution in [0.2, 0.25) is 0 Å². The number of halogens is 3. The lowest BCUT2D eigenvalue weighted by atomic mass is 9.78. The Morgan fingerprint density at radius 1 is 1.31 bits per heavy atom. The molecule has 1 aliphatic carbocycles. The Hall–Kier alpha value is -1.07. The summed E-state index contributed by atoms with van der Waals surface area (Å²) in [6, 6.07) is 0. The second-order valence-corrected chi connectivity index (χ2v) is 4.34. The monoisotopic (exact) mass is 233 g/mol. The fourth-order valence-electron chi connectivity index (χ4n) is 2.46. The molecule has 2 rings (SSSR count). The second-order valence-electron chi connectivity index (χ2n) is 4.34. The summed E-state index contributed by atoms with van der Waals surface area (Å²) >= 11 is 0. The maximum Gasteiger partial charge on any atom is 0.392 e. The zero-order chi connectivity index (χ0) is 11.8. The predicted molar refractivity (Wildman–Crippen MR) is 51.8 cm³/mol. The molecule has 2 atom stereocenters. The van der Waals surface area contributed by atoms with E-state index in [1.54, 1.807) is 11.6 Å². The highest BCUT2D eigenvalue weighted by molar-refractivity contribution is 5.02. The zero-order valence-corrected chi connectivity index (χ0v) is 9.04. The van der Waals surface area contributed by atoms with Crippen LogP contribution in [0.15, 0.2) is 6.33 Å². The summed E-state index contributed by atoms with van der Waals surface area (Å²) in [4.78, 5) is 0. The van der Waals surface area contributed by atoms with E-state index in [4.69, 9.17) is 0 Å². The van der Waals surface area contributed by atoms with E-state index < -0.39 is 18.0 Å². The standard InChI is InChI=1S/C10H14F3N3/c1-16-6-14-15-9(16)7-4-2-3-5-8(7)10(11,12)13/h6-8H,2-5H2,1H3. The van der Waals surface area contributed by atoms with Crippen molar-refractivity contribution in [2.75, 3.05) is 0 Å². The van der Waals surface area contributed by atoms with E-state index in [-0.39, 0.29) is 6.42 Å². The summed E-state index contributed by atoms with van der Waals surface area (Å²) in [6.07, 6.45) is -0.422. The molecule has 1 heterocycles. The van der Waals surface area contributed by atoms with Crippen molar-refractivity contribution in [2.45, 2.75) is 37.8 Å². The molecule has 6 heteroatoms. The van der Waals surface area contributed by atoms with Gasteiger partial charge in [0.25, 0.3) is 0 Å². The summed E-state index contributed by atoms with van der Waals surface area (Å²) in [6.45, 7) is 0. The molecule has 1 fully saturated rings. The van der Waals surface area contributed by atoms with E-state index in [0.717, 1.165) is 6.42 Å². The van der Waals surface area contributed by atoms with E-state index in [1.165, 1.54) is 6.33 Å². The van der Waals surface area contributed by atoms with Crippen LogP contribution in [-0.2, 0) is 7.05 Å². The van der Waals surface area contributed by atoms with Crippen LogP contribution in [0.25, 0.3) is 0 Å². The molecule has 3 nitrogen and oxygen atoms in total. The van der Waals surface area contributed by atoms with Gasteiger partial charge >= 0.3 is 6.18 Å². The van der Waals surface area contributed by atoms with Gasteiger partial charge in [0, 0.05) is 13.0 Å². The number of rotatable bonds is 1. The topological polar surface area (TPSA) is 30.7 Å². The fourth-order valence-corrected chi connectivity index (χ4v) is 2.46. The Kier molecular flexibility index (Phi) is 2.90. The minimum atomic E-state index is -4.13. The van der Waals surface area contributed by atoms with Crippen LogP contribution in [-0.4, -0.2) is 20.9 Å². The highest BCUT2D eigenvalue weighted by atomic mass is 19.4. The van der Waals surface area contributed by atoms with Crippen LogP contribution >= 0.6 is 0 Å². The van der Waals surface area contributed by atoms with Gasteiger partial charge < -0.3 is 4.57 Å². The van der Waals surface area contributed by atoms with Crippen molar-refractivity contribution in [3.63, 3.8) is 0 Å². The van der Waals surface area contributed by atoms with E-state index in [0.29, 0.717) is 18.7 Å². The van der Waals surface area contributed by atoms with Gasteiger partial charge in [-0.1, -0.05) is 12.8 Å². The first-order chi connectivity index (χ1) is 7.50. The van der Waals surface area contributed by atoms with Crippen molar-refractivity contribution in [1.29, 1.82) is 0 Å². The van der Waals surface area contributed by atoms with Crippen LogP contribution in [0.1, 0.15) is 37.4 Å². The van der Waals surface area contributed by atoms with Crippen molar-refractivity contribution in [3.8, 4) is 0 Å². The smallest absolute Gasteiger partial charge is 0.320 e. The number of aromatic nitrogens is 3. The van der Waals surface area contributed by atoms with Crippen molar-refractivity contribution < 1.29 is 13.2 Å². The molecule has 1 aromatic rings. The molecular formula is C10H14F3N3. The summed E-state index contributed by atoms with van der Waals surface area (Å²) in [5.74, 6) is -1.33. The minimum absolute atomic E-state index is 0.209. The molecule has 0 aliphatic heterocycles. The first-order valence-corrected chi connectivity index (χ1v) is 5.40. The van der Waals surface area contributed by atoms with Gasteiger partial charge in [-0.25, -0.2) is 0 Å². The van der Waals surface area contributed by atoms with Crippen molar-refractivity contribution >= 4 is 0 Å². The normalized spacial score (nSPS) is 27.0. The van der Waals surface area contributed by atoms with E-state index in [1.807, 2.05) is 0 Å². The number of aryl methyl sites for hydroxylation is 1.